The molecule has 2 amide bonds. The zero-order valence-electron chi connectivity index (χ0n) is 14.1. The number of halogens is 1. The SMILES string of the molecule is Cc1cccc(C(=O)Nc2ccccc2C(=O)N2CCNCC2)c1.Cl. The maximum absolute atomic E-state index is 12.7. The van der Waals surface area contributed by atoms with Crippen LogP contribution >= 0.6 is 12.4 Å². The third-order valence-electron chi connectivity index (χ3n) is 4.09. The van der Waals surface area contributed by atoms with E-state index in [-0.39, 0.29) is 24.2 Å². The molecule has 2 aromatic carbocycles. The van der Waals surface area contributed by atoms with Crippen LogP contribution in [0.3, 0.4) is 0 Å². The minimum absolute atomic E-state index is 0. The van der Waals surface area contributed by atoms with Crippen LogP contribution in [0.2, 0.25) is 0 Å². The van der Waals surface area contributed by atoms with Crippen molar-refractivity contribution in [2.45, 2.75) is 6.92 Å². The molecule has 132 valence electrons. The molecule has 1 aliphatic rings. The van der Waals surface area contributed by atoms with E-state index in [1.165, 1.54) is 0 Å². The number of amides is 2. The molecule has 25 heavy (non-hydrogen) atoms. The molecule has 1 fully saturated rings. The molecule has 0 unspecified atom stereocenters. The topological polar surface area (TPSA) is 61.4 Å². The first-order valence-electron chi connectivity index (χ1n) is 8.12. The van der Waals surface area contributed by atoms with E-state index in [9.17, 15) is 9.59 Å². The Balaban J connectivity index is 0.00000225. The second kappa shape index (κ2) is 8.65. The number of rotatable bonds is 3. The summed E-state index contributed by atoms with van der Waals surface area (Å²) in [7, 11) is 0. The van der Waals surface area contributed by atoms with Gasteiger partial charge in [-0.15, -0.1) is 12.4 Å². The number of aryl methyl sites for hydroxylation is 1. The largest absolute Gasteiger partial charge is 0.336 e. The Labute approximate surface area is 153 Å². The molecule has 5 nitrogen and oxygen atoms in total. The van der Waals surface area contributed by atoms with E-state index < -0.39 is 0 Å². The molecule has 1 saturated heterocycles. The number of hydrogen-bond donors (Lipinski definition) is 2. The van der Waals surface area contributed by atoms with Gasteiger partial charge in [-0.05, 0) is 31.2 Å². The van der Waals surface area contributed by atoms with Crippen LogP contribution in [0.5, 0.6) is 0 Å². The number of para-hydroxylation sites is 1. The lowest BCUT2D eigenvalue weighted by Gasteiger charge is -2.28. The number of carbonyl (C=O) groups is 2. The lowest BCUT2D eigenvalue weighted by atomic mass is 10.1. The van der Waals surface area contributed by atoms with Gasteiger partial charge >= 0.3 is 0 Å². The van der Waals surface area contributed by atoms with Gasteiger partial charge in [0.05, 0.1) is 11.3 Å². The Hall–Kier alpha value is -2.37. The second-order valence-electron chi connectivity index (χ2n) is 5.91. The highest BCUT2D eigenvalue weighted by Gasteiger charge is 2.21. The first-order chi connectivity index (χ1) is 11.6. The average molecular weight is 360 g/mol. The van der Waals surface area contributed by atoms with Crippen molar-refractivity contribution in [2.75, 3.05) is 31.5 Å². The molecule has 2 N–H and O–H groups in total. The molecule has 2 aromatic rings. The van der Waals surface area contributed by atoms with Gasteiger partial charge in [0.25, 0.3) is 11.8 Å². The quantitative estimate of drug-likeness (QED) is 0.885. The van der Waals surface area contributed by atoms with Crippen molar-refractivity contribution in [3.63, 3.8) is 0 Å². The highest BCUT2D eigenvalue weighted by molar-refractivity contribution is 6.09. The lowest BCUT2D eigenvalue weighted by Crippen LogP contribution is -2.46. The van der Waals surface area contributed by atoms with Crippen molar-refractivity contribution in [1.82, 2.24) is 10.2 Å². The van der Waals surface area contributed by atoms with Gasteiger partial charge in [0.1, 0.15) is 0 Å². The number of piperazine rings is 1. The molecule has 1 aliphatic heterocycles. The zero-order valence-corrected chi connectivity index (χ0v) is 14.9. The molecule has 0 radical (unpaired) electrons. The third-order valence-corrected chi connectivity index (χ3v) is 4.09. The fourth-order valence-corrected chi connectivity index (χ4v) is 2.80. The van der Waals surface area contributed by atoms with E-state index in [1.807, 2.05) is 42.2 Å². The Morgan fingerprint density at radius 3 is 2.48 bits per heavy atom. The van der Waals surface area contributed by atoms with E-state index in [4.69, 9.17) is 0 Å². The summed E-state index contributed by atoms with van der Waals surface area (Å²) in [5, 5.41) is 6.10. The molecule has 0 spiro atoms. The van der Waals surface area contributed by atoms with Gasteiger partial charge in [0, 0.05) is 31.7 Å². The van der Waals surface area contributed by atoms with Crippen LogP contribution in [0.4, 0.5) is 5.69 Å². The summed E-state index contributed by atoms with van der Waals surface area (Å²) in [6.45, 7) is 4.89. The standard InChI is InChI=1S/C19H21N3O2.ClH/c1-14-5-4-6-15(13-14)18(23)21-17-8-3-2-7-16(17)19(24)22-11-9-20-10-12-22;/h2-8,13,20H,9-12H2,1H3,(H,21,23);1H. The number of nitrogens with one attached hydrogen (secondary N) is 2. The third kappa shape index (κ3) is 4.59. The van der Waals surface area contributed by atoms with E-state index in [2.05, 4.69) is 10.6 Å². The van der Waals surface area contributed by atoms with Crippen molar-refractivity contribution < 1.29 is 9.59 Å². The number of nitrogens with zero attached hydrogens (tertiary/aromatic N) is 1. The molecule has 0 aliphatic carbocycles. The van der Waals surface area contributed by atoms with Gasteiger partial charge in [-0.25, -0.2) is 0 Å². The molecular weight excluding hydrogens is 338 g/mol. The van der Waals surface area contributed by atoms with Gasteiger partial charge in [-0.1, -0.05) is 29.8 Å². The highest BCUT2D eigenvalue weighted by atomic mass is 35.5. The van der Waals surface area contributed by atoms with E-state index in [0.29, 0.717) is 29.9 Å². The van der Waals surface area contributed by atoms with E-state index in [0.717, 1.165) is 18.7 Å². The van der Waals surface area contributed by atoms with Crippen LogP contribution in [-0.2, 0) is 0 Å². The minimum Gasteiger partial charge on any atom is -0.336 e. The maximum Gasteiger partial charge on any atom is 0.256 e. The van der Waals surface area contributed by atoms with Crippen molar-refractivity contribution >= 4 is 29.9 Å². The van der Waals surface area contributed by atoms with Crippen LogP contribution in [0.1, 0.15) is 26.3 Å². The van der Waals surface area contributed by atoms with Crippen LogP contribution in [0.15, 0.2) is 48.5 Å². The fourth-order valence-electron chi connectivity index (χ4n) is 2.80. The summed E-state index contributed by atoms with van der Waals surface area (Å²) in [6, 6.07) is 14.6. The Morgan fingerprint density at radius 1 is 1.04 bits per heavy atom. The predicted molar refractivity (Wildman–Crippen MR) is 102 cm³/mol. The summed E-state index contributed by atoms with van der Waals surface area (Å²) in [5.74, 6) is -0.254. The summed E-state index contributed by atoms with van der Waals surface area (Å²) in [5.41, 5.74) is 2.68. The van der Waals surface area contributed by atoms with Crippen LogP contribution in [0.25, 0.3) is 0 Å². The molecule has 0 bridgehead atoms. The Morgan fingerprint density at radius 2 is 1.76 bits per heavy atom. The Bertz CT molecular complexity index is 758. The van der Waals surface area contributed by atoms with Gasteiger partial charge in [-0.3, -0.25) is 9.59 Å². The molecule has 0 saturated carbocycles. The van der Waals surface area contributed by atoms with Crippen LogP contribution < -0.4 is 10.6 Å². The van der Waals surface area contributed by atoms with Crippen LogP contribution in [0, 0.1) is 6.92 Å². The van der Waals surface area contributed by atoms with Gasteiger partial charge < -0.3 is 15.5 Å². The van der Waals surface area contributed by atoms with Crippen LogP contribution in [-0.4, -0.2) is 42.9 Å². The van der Waals surface area contributed by atoms with Crippen molar-refractivity contribution in [2.24, 2.45) is 0 Å². The fraction of sp³-hybridized carbons (Fsp3) is 0.263. The first kappa shape index (κ1) is 19.0. The minimum atomic E-state index is -0.209. The molecule has 0 aromatic heterocycles. The van der Waals surface area contributed by atoms with Gasteiger partial charge in [-0.2, -0.15) is 0 Å². The summed E-state index contributed by atoms with van der Waals surface area (Å²) in [4.78, 5) is 27.0. The first-order valence-corrected chi connectivity index (χ1v) is 8.12. The van der Waals surface area contributed by atoms with Gasteiger partial charge in [0.15, 0.2) is 0 Å². The number of carbonyl (C=O) groups excluding carboxylic acids is 2. The summed E-state index contributed by atoms with van der Waals surface area (Å²) in [6.07, 6.45) is 0. The predicted octanol–water partition coefficient (Wildman–Crippen LogP) is 2.71. The molecule has 3 rings (SSSR count). The lowest BCUT2D eigenvalue weighted by molar-refractivity contribution is 0.0737. The Kier molecular flexibility index (Phi) is 6.56. The van der Waals surface area contributed by atoms with Crippen molar-refractivity contribution in [3.05, 3.63) is 65.2 Å². The van der Waals surface area contributed by atoms with E-state index >= 15 is 0 Å². The number of anilines is 1. The summed E-state index contributed by atoms with van der Waals surface area (Å²) >= 11 is 0. The molecular formula is C19H22ClN3O2. The normalized spacial score (nSPS) is 13.7. The van der Waals surface area contributed by atoms with Crippen molar-refractivity contribution in [1.29, 1.82) is 0 Å². The highest BCUT2D eigenvalue weighted by Crippen LogP contribution is 2.19. The molecule has 0 atom stereocenters. The summed E-state index contributed by atoms with van der Waals surface area (Å²) < 4.78 is 0. The zero-order chi connectivity index (χ0) is 16.9. The van der Waals surface area contributed by atoms with Crippen molar-refractivity contribution in [3.8, 4) is 0 Å². The smallest absolute Gasteiger partial charge is 0.256 e. The number of hydrogen-bond acceptors (Lipinski definition) is 3. The molecule has 1 heterocycles. The second-order valence-corrected chi connectivity index (χ2v) is 5.91. The van der Waals surface area contributed by atoms with Gasteiger partial charge in [0.2, 0.25) is 0 Å². The maximum atomic E-state index is 12.7. The monoisotopic (exact) mass is 359 g/mol. The number of benzene rings is 2. The average Bonchev–Trinajstić information content (AvgIpc) is 2.62. The van der Waals surface area contributed by atoms with E-state index in [1.54, 1.807) is 18.2 Å². The molecule has 6 heteroatoms.